The second-order valence-corrected chi connectivity index (χ2v) is 2.08. The number of ether oxygens (including phenoxy) is 1. The van der Waals surface area contributed by atoms with Gasteiger partial charge in [-0.15, -0.1) is 8.96 Å². The van der Waals surface area contributed by atoms with Gasteiger partial charge in [0.25, 0.3) is 0 Å². The van der Waals surface area contributed by atoms with Gasteiger partial charge in [0.15, 0.2) is 12.4 Å². The minimum absolute atomic E-state index is 0.730. The van der Waals surface area contributed by atoms with Crippen molar-refractivity contribution in [2.45, 2.75) is 0 Å². The first-order valence-corrected chi connectivity index (χ1v) is 3.35. The normalized spacial score (nSPS) is 12.2. The molecule has 1 heterocycles. The van der Waals surface area contributed by atoms with Gasteiger partial charge >= 0.3 is 11.9 Å². The number of hydrogen-bond donors (Lipinski definition) is 1. The maximum Gasteiger partial charge on any atom is 0.447 e. The molecule has 0 bridgehead atoms. The predicted molar refractivity (Wildman–Crippen MR) is 40.6 cm³/mol. The van der Waals surface area contributed by atoms with Crippen LogP contribution >= 0.6 is 0 Å². The highest BCUT2D eigenvalue weighted by Gasteiger charge is 2.15. The van der Waals surface area contributed by atoms with E-state index in [0.717, 1.165) is 4.57 Å². The Hall–Kier alpha value is -1.58. The molecule has 0 aromatic carbocycles. The first-order valence-electron chi connectivity index (χ1n) is 3.35. The van der Waals surface area contributed by atoms with Crippen molar-refractivity contribution in [2.75, 3.05) is 7.11 Å². The second-order valence-electron chi connectivity index (χ2n) is 2.08. The van der Waals surface area contributed by atoms with Crippen LogP contribution in [0.15, 0.2) is 36.5 Å². The molecule has 0 unspecified atom stereocenters. The first kappa shape index (κ1) is 8.52. The molecular weight excluding hydrogens is 161 g/mol. The van der Waals surface area contributed by atoms with Crippen molar-refractivity contribution >= 4 is 5.95 Å². The van der Waals surface area contributed by atoms with E-state index in [0.29, 0.717) is 0 Å². The van der Waals surface area contributed by atoms with Crippen molar-refractivity contribution < 1.29 is 18.8 Å². The van der Waals surface area contributed by atoms with Crippen LogP contribution in [0.3, 0.4) is 0 Å². The van der Waals surface area contributed by atoms with Crippen LogP contribution in [0.2, 0.25) is 0 Å². The van der Waals surface area contributed by atoms with Gasteiger partial charge in [-0.1, -0.05) is 6.07 Å². The number of rotatable bonds is 2. The van der Waals surface area contributed by atoms with E-state index < -0.39 is 11.9 Å². The third-order valence-electron chi connectivity index (χ3n) is 1.31. The Labute approximate surface area is 69.3 Å². The maximum absolute atomic E-state index is 13.0. The van der Waals surface area contributed by atoms with E-state index in [1.54, 1.807) is 18.2 Å². The van der Waals surface area contributed by atoms with Gasteiger partial charge in [-0.25, -0.2) is 0 Å². The first-order chi connectivity index (χ1) is 5.75. The molecule has 0 fully saturated rings. The van der Waals surface area contributed by atoms with Crippen molar-refractivity contribution in [3.8, 4) is 0 Å². The molecule has 3 nitrogen and oxygen atoms in total. The Bertz CT molecular complexity index is 284. The van der Waals surface area contributed by atoms with E-state index in [-0.39, 0.29) is 0 Å². The number of aromatic nitrogens is 1. The number of nitrogens with zero attached hydrogens (tertiary/aromatic N) is 1. The fourth-order valence-corrected chi connectivity index (χ4v) is 0.724. The zero-order chi connectivity index (χ0) is 8.97. The topological polar surface area (TPSA) is 33.3 Å². The molecule has 0 atom stereocenters. The molecule has 0 saturated carbocycles. The van der Waals surface area contributed by atoms with Gasteiger partial charge in [0, 0.05) is 12.1 Å². The summed E-state index contributed by atoms with van der Waals surface area (Å²) in [5, 5.41) is 8.84. The Morgan fingerprint density at radius 2 is 1.92 bits per heavy atom. The molecule has 0 amide bonds. The predicted octanol–water partition coefficient (Wildman–Crippen LogP) is 1.23. The molecule has 0 saturated heterocycles. The molecule has 1 aromatic rings. The average Bonchev–Trinajstić information content (AvgIpc) is 2.17. The van der Waals surface area contributed by atoms with E-state index >= 15 is 0 Å². The lowest BCUT2D eigenvalue weighted by atomic mass is 10.5. The van der Waals surface area contributed by atoms with Crippen LogP contribution in [-0.4, -0.2) is 12.2 Å². The van der Waals surface area contributed by atoms with Crippen LogP contribution in [-0.2, 0) is 4.74 Å². The van der Waals surface area contributed by atoms with Gasteiger partial charge in [-0.3, -0.25) is 0 Å². The fraction of sp³-hybridized carbons (Fsp3) is 0.125. The van der Waals surface area contributed by atoms with Gasteiger partial charge in [0.1, 0.15) is 0 Å². The quantitative estimate of drug-likeness (QED) is 0.535. The highest BCUT2D eigenvalue weighted by molar-refractivity contribution is 5.21. The summed E-state index contributed by atoms with van der Waals surface area (Å²) in [6.45, 7) is 0. The summed E-state index contributed by atoms with van der Waals surface area (Å²) < 4.78 is 18.4. The molecule has 0 radical (unpaired) electrons. The molecule has 4 heteroatoms. The molecule has 0 spiro atoms. The van der Waals surface area contributed by atoms with Gasteiger partial charge in [-0.05, 0) is 0 Å². The van der Waals surface area contributed by atoms with Gasteiger partial charge in [0.2, 0.25) is 0 Å². The van der Waals surface area contributed by atoms with Crippen molar-refractivity contribution in [1.82, 2.24) is 0 Å². The van der Waals surface area contributed by atoms with Crippen LogP contribution in [0.4, 0.5) is 4.39 Å². The molecule has 0 aliphatic heterocycles. The SMILES string of the molecule is CO/C(O)=C(\F)[n+]1ccccc1. The number of aliphatic hydroxyl groups is 1. The Kier molecular flexibility index (Phi) is 2.63. The van der Waals surface area contributed by atoms with Gasteiger partial charge < -0.3 is 9.84 Å². The molecule has 0 aliphatic carbocycles. The van der Waals surface area contributed by atoms with E-state index in [1.165, 1.54) is 19.5 Å². The number of hydrogen-bond acceptors (Lipinski definition) is 2. The van der Waals surface area contributed by atoms with Crippen LogP contribution in [0, 0.1) is 0 Å². The van der Waals surface area contributed by atoms with E-state index in [1.807, 2.05) is 0 Å². The molecule has 1 aromatic heterocycles. The lowest BCUT2D eigenvalue weighted by Gasteiger charge is -1.94. The summed E-state index contributed by atoms with van der Waals surface area (Å²) in [6.07, 6.45) is 2.93. The third-order valence-corrected chi connectivity index (χ3v) is 1.31. The number of halogens is 1. The molecule has 1 rings (SSSR count). The Balaban J connectivity index is 3.00. The van der Waals surface area contributed by atoms with Crippen LogP contribution < -0.4 is 4.57 Å². The smallest absolute Gasteiger partial charge is 0.447 e. The molecule has 12 heavy (non-hydrogen) atoms. The summed E-state index contributed by atoms with van der Waals surface area (Å²) in [6, 6.07) is 5.03. The highest BCUT2D eigenvalue weighted by atomic mass is 19.1. The summed E-state index contributed by atoms with van der Waals surface area (Å²) in [5.41, 5.74) is 0. The summed E-state index contributed by atoms with van der Waals surface area (Å²) in [4.78, 5) is 0. The van der Waals surface area contributed by atoms with Gasteiger partial charge in [0.05, 0.1) is 7.11 Å². The molecular formula is C8H9FNO2+. The maximum atomic E-state index is 13.0. The third kappa shape index (κ3) is 1.72. The van der Waals surface area contributed by atoms with Crippen molar-refractivity contribution in [3.63, 3.8) is 0 Å². The van der Waals surface area contributed by atoms with Crippen molar-refractivity contribution in [1.29, 1.82) is 0 Å². The highest BCUT2D eigenvalue weighted by Crippen LogP contribution is 2.01. The van der Waals surface area contributed by atoms with Gasteiger partial charge in [-0.2, -0.15) is 0 Å². The zero-order valence-electron chi connectivity index (χ0n) is 6.57. The number of aliphatic hydroxyl groups excluding tert-OH is 1. The second kappa shape index (κ2) is 3.71. The summed E-state index contributed by atoms with van der Waals surface area (Å²) >= 11 is 0. The van der Waals surface area contributed by atoms with Crippen LogP contribution in [0.5, 0.6) is 0 Å². The standard InChI is InChI=1S/C8H8FNO2/c1-12-8(11)7(9)10-5-3-2-4-6-10/h2-6H,1H3/p+1/b8-7+. The lowest BCUT2D eigenvalue weighted by Crippen LogP contribution is -2.30. The van der Waals surface area contributed by atoms with E-state index in [9.17, 15) is 4.39 Å². The minimum atomic E-state index is -0.835. The monoisotopic (exact) mass is 170 g/mol. The number of pyridine rings is 1. The Morgan fingerprint density at radius 3 is 2.42 bits per heavy atom. The van der Waals surface area contributed by atoms with Crippen molar-refractivity contribution in [2.24, 2.45) is 0 Å². The minimum Gasteiger partial charge on any atom is -0.474 e. The zero-order valence-corrected chi connectivity index (χ0v) is 6.57. The number of methoxy groups -OCH3 is 1. The molecule has 1 N–H and O–H groups in total. The van der Waals surface area contributed by atoms with Crippen LogP contribution in [0.25, 0.3) is 5.95 Å². The van der Waals surface area contributed by atoms with Crippen molar-refractivity contribution in [3.05, 3.63) is 36.5 Å². The fourth-order valence-electron chi connectivity index (χ4n) is 0.724. The summed E-state index contributed by atoms with van der Waals surface area (Å²) in [5.74, 6) is -1.57. The average molecular weight is 170 g/mol. The van der Waals surface area contributed by atoms with E-state index in [4.69, 9.17) is 5.11 Å². The molecule has 0 aliphatic rings. The summed E-state index contributed by atoms with van der Waals surface area (Å²) in [7, 11) is 1.19. The molecule has 64 valence electrons. The lowest BCUT2D eigenvalue weighted by molar-refractivity contribution is -0.596. The largest absolute Gasteiger partial charge is 0.474 e. The van der Waals surface area contributed by atoms with E-state index in [2.05, 4.69) is 4.74 Å². The Morgan fingerprint density at radius 1 is 1.33 bits per heavy atom. The van der Waals surface area contributed by atoms with Crippen LogP contribution in [0.1, 0.15) is 0 Å².